The minimum absolute atomic E-state index is 0.249. The molecule has 0 aliphatic carbocycles. The van der Waals surface area contributed by atoms with Crippen LogP contribution in [-0.4, -0.2) is 31.4 Å². The van der Waals surface area contributed by atoms with Crippen LogP contribution in [0.2, 0.25) is 0 Å². The second-order valence-electron chi connectivity index (χ2n) is 4.38. The molecule has 1 aromatic carbocycles. The summed E-state index contributed by atoms with van der Waals surface area (Å²) in [6, 6.07) is 6.03. The lowest BCUT2D eigenvalue weighted by molar-refractivity contribution is 0.196. The van der Waals surface area contributed by atoms with E-state index < -0.39 is 6.10 Å². The van der Waals surface area contributed by atoms with Crippen LogP contribution in [0.4, 0.5) is 5.69 Å². The van der Waals surface area contributed by atoms with Gasteiger partial charge in [0, 0.05) is 13.1 Å². The fraction of sp³-hybridized carbons (Fsp3) is 0.538. The Morgan fingerprint density at radius 3 is 2.65 bits per heavy atom. The van der Waals surface area contributed by atoms with E-state index >= 15 is 0 Å². The Balaban J connectivity index is 2.82. The van der Waals surface area contributed by atoms with Crippen molar-refractivity contribution in [3.8, 4) is 5.75 Å². The van der Waals surface area contributed by atoms with Gasteiger partial charge in [0.05, 0.1) is 18.9 Å². The van der Waals surface area contributed by atoms with Crippen LogP contribution in [0.15, 0.2) is 18.2 Å². The zero-order chi connectivity index (χ0) is 12.8. The molecule has 4 N–H and O–H groups in total. The molecule has 0 fully saturated rings. The largest absolute Gasteiger partial charge is 0.495 e. The first-order chi connectivity index (χ1) is 8.08. The monoisotopic (exact) mass is 238 g/mol. The fourth-order valence-corrected chi connectivity index (χ4v) is 1.53. The van der Waals surface area contributed by atoms with Crippen molar-refractivity contribution in [3.05, 3.63) is 23.8 Å². The molecule has 17 heavy (non-hydrogen) atoms. The number of rotatable bonds is 6. The minimum Gasteiger partial charge on any atom is -0.495 e. The molecule has 0 amide bonds. The molecule has 0 saturated carbocycles. The van der Waals surface area contributed by atoms with Gasteiger partial charge in [-0.1, -0.05) is 19.9 Å². The van der Waals surface area contributed by atoms with Crippen molar-refractivity contribution in [1.29, 1.82) is 0 Å². The minimum atomic E-state index is -0.539. The van der Waals surface area contributed by atoms with Gasteiger partial charge in [0.2, 0.25) is 0 Å². The second kappa shape index (κ2) is 6.47. The predicted octanol–water partition coefficient (Wildman–Crippen LogP) is 1.55. The zero-order valence-electron chi connectivity index (χ0n) is 10.7. The second-order valence-corrected chi connectivity index (χ2v) is 4.38. The summed E-state index contributed by atoms with van der Waals surface area (Å²) in [6.07, 6.45) is -0.539. The van der Waals surface area contributed by atoms with Crippen molar-refractivity contribution < 1.29 is 9.84 Å². The van der Waals surface area contributed by atoms with Crippen LogP contribution in [0.25, 0.3) is 0 Å². The maximum atomic E-state index is 9.43. The molecule has 1 unspecified atom stereocenters. The third kappa shape index (κ3) is 3.91. The summed E-state index contributed by atoms with van der Waals surface area (Å²) in [6.45, 7) is 4.95. The fourth-order valence-electron chi connectivity index (χ4n) is 1.53. The van der Waals surface area contributed by atoms with Gasteiger partial charge in [0.1, 0.15) is 5.75 Å². The Labute approximate surface area is 103 Å². The van der Waals surface area contributed by atoms with E-state index in [1.165, 1.54) is 5.56 Å². The highest BCUT2D eigenvalue weighted by Crippen LogP contribution is 2.28. The summed E-state index contributed by atoms with van der Waals surface area (Å²) in [4.78, 5) is 0. The highest BCUT2D eigenvalue weighted by Gasteiger charge is 2.08. The summed E-state index contributed by atoms with van der Waals surface area (Å²) in [5.74, 6) is 1.24. The van der Waals surface area contributed by atoms with E-state index in [1.807, 2.05) is 18.2 Å². The Hall–Kier alpha value is -1.26. The number of ether oxygens (including phenoxy) is 1. The first-order valence-electron chi connectivity index (χ1n) is 5.88. The normalized spacial score (nSPS) is 12.6. The van der Waals surface area contributed by atoms with Crippen LogP contribution in [0.3, 0.4) is 0 Å². The summed E-state index contributed by atoms with van der Waals surface area (Å²) in [7, 11) is 1.63. The molecular weight excluding hydrogens is 216 g/mol. The lowest BCUT2D eigenvalue weighted by Gasteiger charge is -2.16. The highest BCUT2D eigenvalue weighted by molar-refractivity contribution is 5.58. The van der Waals surface area contributed by atoms with Gasteiger partial charge in [-0.2, -0.15) is 0 Å². The molecule has 0 spiro atoms. The topological polar surface area (TPSA) is 67.5 Å². The van der Waals surface area contributed by atoms with E-state index in [2.05, 4.69) is 19.2 Å². The molecule has 4 nitrogen and oxygen atoms in total. The van der Waals surface area contributed by atoms with E-state index in [0.717, 1.165) is 11.4 Å². The van der Waals surface area contributed by atoms with Crippen LogP contribution in [0, 0.1) is 0 Å². The Morgan fingerprint density at radius 1 is 1.41 bits per heavy atom. The molecule has 0 aliphatic rings. The van der Waals surface area contributed by atoms with Crippen LogP contribution in [-0.2, 0) is 0 Å². The van der Waals surface area contributed by atoms with Crippen molar-refractivity contribution >= 4 is 5.69 Å². The van der Waals surface area contributed by atoms with Crippen LogP contribution in [0.1, 0.15) is 25.3 Å². The highest BCUT2D eigenvalue weighted by atomic mass is 16.5. The van der Waals surface area contributed by atoms with Crippen LogP contribution < -0.4 is 15.8 Å². The van der Waals surface area contributed by atoms with Gasteiger partial charge >= 0.3 is 0 Å². The van der Waals surface area contributed by atoms with Crippen molar-refractivity contribution in [2.75, 3.05) is 25.5 Å². The quantitative estimate of drug-likeness (QED) is 0.703. The number of hydrogen-bond donors (Lipinski definition) is 3. The number of methoxy groups -OCH3 is 1. The molecular formula is C13H22N2O2. The maximum absolute atomic E-state index is 9.43. The third-order valence-electron chi connectivity index (χ3n) is 2.69. The Morgan fingerprint density at radius 2 is 2.12 bits per heavy atom. The molecule has 96 valence electrons. The number of aliphatic hydroxyl groups is 1. The average molecular weight is 238 g/mol. The van der Waals surface area contributed by atoms with Gasteiger partial charge in [0.15, 0.2) is 0 Å². The SMILES string of the molecule is COc1ccc(C(C)C)cc1NCC(O)CN. The van der Waals surface area contributed by atoms with E-state index in [1.54, 1.807) is 7.11 Å². The molecule has 0 aromatic heterocycles. The summed E-state index contributed by atoms with van der Waals surface area (Å²) >= 11 is 0. The van der Waals surface area contributed by atoms with Gasteiger partial charge in [-0.15, -0.1) is 0 Å². The summed E-state index contributed by atoms with van der Waals surface area (Å²) < 4.78 is 5.27. The number of benzene rings is 1. The molecule has 1 atom stereocenters. The Bertz CT molecular complexity index is 353. The first-order valence-corrected chi connectivity index (χ1v) is 5.88. The lowest BCUT2D eigenvalue weighted by Crippen LogP contribution is -2.27. The standard InChI is InChI=1S/C13H22N2O2/c1-9(2)10-4-5-13(17-3)12(6-10)15-8-11(16)7-14/h4-6,9,11,15-16H,7-8,14H2,1-3H3. The smallest absolute Gasteiger partial charge is 0.141 e. The zero-order valence-corrected chi connectivity index (χ0v) is 10.7. The average Bonchev–Trinajstić information content (AvgIpc) is 2.35. The van der Waals surface area contributed by atoms with Crippen molar-refractivity contribution in [3.63, 3.8) is 0 Å². The number of nitrogens with one attached hydrogen (secondary N) is 1. The Kier molecular flexibility index (Phi) is 5.25. The predicted molar refractivity (Wildman–Crippen MR) is 70.6 cm³/mol. The van der Waals surface area contributed by atoms with E-state index in [4.69, 9.17) is 10.5 Å². The molecule has 0 radical (unpaired) electrons. The van der Waals surface area contributed by atoms with Gasteiger partial charge in [0.25, 0.3) is 0 Å². The lowest BCUT2D eigenvalue weighted by atomic mass is 10.0. The molecule has 0 bridgehead atoms. The van der Waals surface area contributed by atoms with Gasteiger partial charge in [-0.3, -0.25) is 0 Å². The third-order valence-corrected chi connectivity index (χ3v) is 2.69. The molecule has 0 saturated heterocycles. The van der Waals surface area contributed by atoms with Crippen molar-refractivity contribution in [2.24, 2.45) is 5.73 Å². The maximum Gasteiger partial charge on any atom is 0.141 e. The van der Waals surface area contributed by atoms with E-state index in [9.17, 15) is 5.11 Å². The van der Waals surface area contributed by atoms with Crippen LogP contribution in [0.5, 0.6) is 5.75 Å². The van der Waals surface area contributed by atoms with E-state index in [-0.39, 0.29) is 6.54 Å². The number of aliphatic hydroxyl groups excluding tert-OH is 1. The van der Waals surface area contributed by atoms with Crippen molar-refractivity contribution in [1.82, 2.24) is 0 Å². The van der Waals surface area contributed by atoms with Gasteiger partial charge < -0.3 is 20.9 Å². The number of anilines is 1. The van der Waals surface area contributed by atoms with Gasteiger partial charge in [-0.05, 0) is 23.6 Å². The molecule has 1 rings (SSSR count). The summed E-state index contributed by atoms with van der Waals surface area (Å²) in [5, 5.41) is 12.6. The van der Waals surface area contributed by atoms with E-state index in [0.29, 0.717) is 12.5 Å². The number of nitrogens with two attached hydrogens (primary N) is 1. The molecule has 4 heteroatoms. The first kappa shape index (κ1) is 13.8. The number of hydrogen-bond acceptors (Lipinski definition) is 4. The molecule has 0 aliphatic heterocycles. The van der Waals surface area contributed by atoms with Crippen LogP contribution >= 0.6 is 0 Å². The van der Waals surface area contributed by atoms with Crippen molar-refractivity contribution in [2.45, 2.75) is 25.9 Å². The molecule has 0 heterocycles. The summed E-state index contributed by atoms with van der Waals surface area (Å²) in [5.41, 5.74) is 7.49. The molecule has 1 aromatic rings. The van der Waals surface area contributed by atoms with Gasteiger partial charge in [-0.25, -0.2) is 0 Å².